The molecule has 0 heterocycles. The van der Waals surface area contributed by atoms with Gasteiger partial charge in [0.05, 0.1) is 0 Å². The highest BCUT2D eigenvalue weighted by Crippen LogP contribution is 2.17. The molecule has 0 aliphatic rings. The van der Waals surface area contributed by atoms with E-state index in [0.717, 1.165) is 141 Å². The van der Waals surface area contributed by atoms with Gasteiger partial charge in [0.25, 0.3) is 0 Å². The Kier molecular flexibility index (Phi) is 64.8. The van der Waals surface area contributed by atoms with E-state index in [9.17, 15) is 14.4 Å². The lowest BCUT2D eigenvalue weighted by atomic mass is 10.0. The van der Waals surface area contributed by atoms with Gasteiger partial charge in [-0.3, -0.25) is 14.4 Å². The van der Waals surface area contributed by atoms with Crippen LogP contribution in [0.1, 0.15) is 316 Å². The van der Waals surface area contributed by atoms with Crippen LogP contribution in [0.4, 0.5) is 0 Å². The molecule has 0 saturated carbocycles. The molecule has 6 heteroatoms. The Hall–Kier alpha value is -4.19. The van der Waals surface area contributed by atoms with Crippen LogP contribution in [-0.2, 0) is 28.6 Å². The van der Waals surface area contributed by atoms with E-state index in [2.05, 4.69) is 142 Å². The molecule has 0 aromatic heterocycles. The van der Waals surface area contributed by atoms with Crippen molar-refractivity contribution < 1.29 is 28.6 Å². The molecule has 1 unspecified atom stereocenters. The molecule has 6 nitrogen and oxygen atoms in total. The van der Waals surface area contributed by atoms with Gasteiger partial charge in [0, 0.05) is 19.3 Å². The van der Waals surface area contributed by atoms with E-state index >= 15 is 0 Å². The summed E-state index contributed by atoms with van der Waals surface area (Å²) in [6.07, 6.45) is 95.7. The van der Waals surface area contributed by atoms with Crippen LogP contribution in [0.15, 0.2) is 122 Å². The number of hydrogen-bond acceptors (Lipinski definition) is 6. The second-order valence-electron chi connectivity index (χ2n) is 22.3. The zero-order valence-electron chi connectivity index (χ0n) is 53.0. The second-order valence-corrected chi connectivity index (χ2v) is 22.3. The van der Waals surface area contributed by atoms with E-state index in [0.29, 0.717) is 19.3 Å². The van der Waals surface area contributed by atoms with Crippen molar-refractivity contribution in [2.24, 2.45) is 0 Å². The summed E-state index contributed by atoms with van der Waals surface area (Å²) in [5.74, 6) is -0.919. The Balaban J connectivity index is 3.98. The maximum Gasteiger partial charge on any atom is 0.306 e. The van der Waals surface area contributed by atoms with Crippen LogP contribution >= 0.6 is 0 Å². The fourth-order valence-corrected chi connectivity index (χ4v) is 9.44. The molecule has 462 valence electrons. The number of allylic oxidation sites excluding steroid dienone is 20. The standard InChI is InChI=1S/C75H126O6/c1-4-7-10-13-15-17-19-21-23-25-27-29-31-32-33-34-35-36-37-38-39-40-41-42-44-45-47-49-51-53-55-57-59-62-65-68-74(77)80-71-72(70-79-73(76)67-64-61-12-9-6-3)81-75(78)69-66-63-60-58-56-54-52-50-48-46-43-30-28-26-24-22-20-18-16-14-11-8-5-2/h7-8,10-11,15-18,21-24,27-30,46,48,52,54,72H,4-6,9,12-14,19-20,25-26,31-45,47,49-51,53,55-71H2,1-3H3/b10-7-,11-8-,17-15-,18-16-,23-21-,24-22-,29-27-,30-28-,48-46-,54-52-. The zero-order chi connectivity index (χ0) is 58.5. The monoisotopic (exact) mass is 1120 g/mol. The summed E-state index contributed by atoms with van der Waals surface area (Å²) in [6.45, 7) is 6.33. The first-order valence-corrected chi connectivity index (χ1v) is 34.0. The van der Waals surface area contributed by atoms with Crippen molar-refractivity contribution in [3.8, 4) is 0 Å². The number of carbonyl (C=O) groups excluding carboxylic acids is 3. The SMILES string of the molecule is CC/C=C\C/C=C\C/C=C\C/C=C\C/C=C\C/C=C\CCCCCCC(=O)OC(COC(=O)CCCCCCC)COC(=O)CCCCCCCCCCCCCCCCCCCCCCCC/C=C\C/C=C\C/C=C\C/C=C\CC. The van der Waals surface area contributed by atoms with Crippen molar-refractivity contribution in [1.29, 1.82) is 0 Å². The van der Waals surface area contributed by atoms with Gasteiger partial charge in [-0.25, -0.2) is 0 Å². The number of carbonyl (C=O) groups is 3. The Labute approximate surface area is 501 Å². The Morgan fingerprint density at radius 1 is 0.259 bits per heavy atom. The van der Waals surface area contributed by atoms with E-state index in [1.807, 2.05) is 0 Å². The summed E-state index contributed by atoms with van der Waals surface area (Å²) >= 11 is 0. The van der Waals surface area contributed by atoms with Gasteiger partial charge >= 0.3 is 17.9 Å². The molecular weight excluding hydrogens is 997 g/mol. The van der Waals surface area contributed by atoms with Crippen LogP contribution in [0, 0.1) is 0 Å². The van der Waals surface area contributed by atoms with Crippen LogP contribution in [0.3, 0.4) is 0 Å². The summed E-state index contributed by atoms with van der Waals surface area (Å²) in [5, 5.41) is 0. The lowest BCUT2D eigenvalue weighted by Crippen LogP contribution is -2.30. The van der Waals surface area contributed by atoms with Gasteiger partial charge in [-0.05, 0) is 109 Å². The highest BCUT2D eigenvalue weighted by atomic mass is 16.6. The third-order valence-electron chi connectivity index (χ3n) is 14.5. The minimum Gasteiger partial charge on any atom is -0.462 e. The van der Waals surface area contributed by atoms with E-state index < -0.39 is 6.10 Å². The Bertz CT molecular complexity index is 1670. The van der Waals surface area contributed by atoms with Gasteiger partial charge in [-0.15, -0.1) is 0 Å². The van der Waals surface area contributed by atoms with Gasteiger partial charge < -0.3 is 14.2 Å². The quantitative estimate of drug-likeness (QED) is 0.0261. The van der Waals surface area contributed by atoms with E-state index in [4.69, 9.17) is 14.2 Å². The first-order chi connectivity index (χ1) is 40.0. The lowest BCUT2D eigenvalue weighted by molar-refractivity contribution is -0.167. The van der Waals surface area contributed by atoms with E-state index in [1.165, 1.54) is 135 Å². The molecule has 0 aromatic carbocycles. The molecule has 0 rings (SSSR count). The summed E-state index contributed by atoms with van der Waals surface area (Å²) in [5.41, 5.74) is 0. The van der Waals surface area contributed by atoms with Crippen LogP contribution in [-0.4, -0.2) is 37.2 Å². The Morgan fingerprint density at radius 2 is 0.481 bits per heavy atom. The summed E-state index contributed by atoms with van der Waals surface area (Å²) in [7, 11) is 0. The highest BCUT2D eigenvalue weighted by Gasteiger charge is 2.19. The molecule has 0 aliphatic heterocycles. The van der Waals surface area contributed by atoms with Gasteiger partial charge in [-0.2, -0.15) is 0 Å². The van der Waals surface area contributed by atoms with Crippen LogP contribution in [0.25, 0.3) is 0 Å². The molecule has 0 N–H and O–H groups in total. The molecule has 81 heavy (non-hydrogen) atoms. The molecule has 0 bridgehead atoms. The predicted octanol–water partition coefficient (Wildman–Crippen LogP) is 23.6. The first kappa shape index (κ1) is 76.8. The summed E-state index contributed by atoms with van der Waals surface area (Å²) in [6, 6.07) is 0. The van der Waals surface area contributed by atoms with Crippen molar-refractivity contribution in [2.45, 2.75) is 322 Å². The van der Waals surface area contributed by atoms with E-state index in [1.54, 1.807) is 0 Å². The molecule has 0 amide bonds. The molecule has 1 atom stereocenters. The van der Waals surface area contributed by atoms with Crippen molar-refractivity contribution >= 4 is 17.9 Å². The number of rotatable bonds is 61. The molecule has 0 saturated heterocycles. The number of unbranched alkanes of at least 4 members (excludes halogenated alkanes) is 30. The number of esters is 3. The van der Waals surface area contributed by atoms with Crippen molar-refractivity contribution in [1.82, 2.24) is 0 Å². The molecule has 0 spiro atoms. The van der Waals surface area contributed by atoms with Crippen molar-refractivity contribution in [3.63, 3.8) is 0 Å². The minimum atomic E-state index is -0.789. The maximum absolute atomic E-state index is 12.8. The fourth-order valence-electron chi connectivity index (χ4n) is 9.44. The third-order valence-corrected chi connectivity index (χ3v) is 14.5. The van der Waals surface area contributed by atoms with Gasteiger partial charge in [0.15, 0.2) is 6.10 Å². The lowest BCUT2D eigenvalue weighted by Gasteiger charge is -2.18. The van der Waals surface area contributed by atoms with Gasteiger partial charge in [0.2, 0.25) is 0 Å². The van der Waals surface area contributed by atoms with Crippen molar-refractivity contribution in [3.05, 3.63) is 122 Å². The molecule has 0 aliphatic carbocycles. The second kappa shape index (κ2) is 68.3. The van der Waals surface area contributed by atoms with Gasteiger partial charge in [0.1, 0.15) is 13.2 Å². The van der Waals surface area contributed by atoms with E-state index in [-0.39, 0.29) is 31.1 Å². The molecule has 0 aromatic rings. The average molecular weight is 1120 g/mol. The van der Waals surface area contributed by atoms with Crippen LogP contribution < -0.4 is 0 Å². The molecule has 0 fully saturated rings. The average Bonchev–Trinajstić information content (AvgIpc) is 3.47. The topological polar surface area (TPSA) is 78.9 Å². The summed E-state index contributed by atoms with van der Waals surface area (Å²) in [4.78, 5) is 38.0. The third kappa shape index (κ3) is 66.5. The van der Waals surface area contributed by atoms with Crippen LogP contribution in [0.2, 0.25) is 0 Å². The predicted molar refractivity (Wildman–Crippen MR) is 353 cm³/mol. The number of hydrogen-bond donors (Lipinski definition) is 0. The minimum absolute atomic E-state index is 0.0871. The van der Waals surface area contributed by atoms with Crippen LogP contribution in [0.5, 0.6) is 0 Å². The van der Waals surface area contributed by atoms with Crippen molar-refractivity contribution in [2.75, 3.05) is 13.2 Å². The maximum atomic E-state index is 12.8. The fraction of sp³-hybridized carbons (Fsp3) is 0.693. The number of ether oxygens (including phenoxy) is 3. The normalized spacial score (nSPS) is 12.9. The molecule has 0 radical (unpaired) electrons. The zero-order valence-corrected chi connectivity index (χ0v) is 53.0. The highest BCUT2D eigenvalue weighted by molar-refractivity contribution is 5.71. The largest absolute Gasteiger partial charge is 0.462 e. The summed E-state index contributed by atoms with van der Waals surface area (Å²) < 4.78 is 16.8. The first-order valence-electron chi connectivity index (χ1n) is 34.0. The Morgan fingerprint density at radius 3 is 0.753 bits per heavy atom. The van der Waals surface area contributed by atoms with Gasteiger partial charge in [-0.1, -0.05) is 309 Å². The molecular formula is C75H126O6. The smallest absolute Gasteiger partial charge is 0.306 e.